The number of esters is 1. The van der Waals surface area contributed by atoms with Crippen LogP contribution in [0.2, 0.25) is 0 Å². The van der Waals surface area contributed by atoms with Crippen LogP contribution < -0.4 is 0 Å². The second kappa shape index (κ2) is 5.84. The summed E-state index contributed by atoms with van der Waals surface area (Å²) in [7, 11) is 3.23. The summed E-state index contributed by atoms with van der Waals surface area (Å²) < 4.78 is 10.1. The van der Waals surface area contributed by atoms with Gasteiger partial charge in [-0.25, -0.2) is 4.79 Å². The minimum Gasteiger partial charge on any atom is -0.465 e. The van der Waals surface area contributed by atoms with Gasteiger partial charge < -0.3 is 14.3 Å². The molecule has 5 nitrogen and oxygen atoms in total. The van der Waals surface area contributed by atoms with Crippen molar-refractivity contribution in [2.45, 2.75) is 26.4 Å². The van der Waals surface area contributed by atoms with Crippen LogP contribution in [0.1, 0.15) is 28.8 Å². The van der Waals surface area contributed by atoms with Crippen molar-refractivity contribution in [1.82, 2.24) is 4.90 Å². The molecule has 1 rings (SSSR count). The van der Waals surface area contributed by atoms with Gasteiger partial charge in [-0.3, -0.25) is 4.90 Å². The molecule has 1 aromatic heterocycles. The largest absolute Gasteiger partial charge is 0.465 e. The Morgan fingerprint density at radius 3 is 2.82 bits per heavy atom. The molecule has 0 bridgehead atoms. The van der Waals surface area contributed by atoms with Crippen molar-refractivity contribution in [3.05, 3.63) is 23.2 Å². The van der Waals surface area contributed by atoms with E-state index in [9.17, 15) is 4.79 Å². The minimum atomic E-state index is -0.393. The van der Waals surface area contributed by atoms with Crippen molar-refractivity contribution in [3.63, 3.8) is 0 Å². The predicted octanol–water partition coefficient (Wildman–Crippen LogP) is 1.19. The summed E-state index contributed by atoms with van der Waals surface area (Å²) in [6, 6.07) is 1.73. The van der Waals surface area contributed by atoms with E-state index in [2.05, 4.69) is 4.74 Å². The Balaban J connectivity index is 2.77. The molecule has 96 valence electrons. The molecular weight excluding hydrogens is 222 g/mol. The Morgan fingerprint density at radius 1 is 1.65 bits per heavy atom. The van der Waals surface area contributed by atoms with Crippen LogP contribution >= 0.6 is 0 Å². The molecule has 0 aromatic carbocycles. The Labute approximate surface area is 101 Å². The van der Waals surface area contributed by atoms with E-state index in [1.54, 1.807) is 13.0 Å². The maximum absolute atomic E-state index is 11.4. The SMILES string of the molecule is COC(=O)c1cc(CN(C)C(C)CO)oc1C. The third kappa shape index (κ3) is 3.31. The summed E-state index contributed by atoms with van der Waals surface area (Å²) in [6.45, 7) is 4.27. The molecule has 0 amide bonds. The number of aliphatic hydroxyl groups excluding tert-OH is 1. The number of hydrogen-bond donors (Lipinski definition) is 1. The van der Waals surface area contributed by atoms with Gasteiger partial charge in [0.25, 0.3) is 0 Å². The molecule has 0 fully saturated rings. The van der Waals surface area contributed by atoms with E-state index >= 15 is 0 Å². The maximum Gasteiger partial charge on any atom is 0.341 e. The zero-order chi connectivity index (χ0) is 13.0. The Bertz CT molecular complexity index is 386. The molecule has 0 saturated carbocycles. The van der Waals surface area contributed by atoms with E-state index in [1.807, 2.05) is 18.9 Å². The molecule has 17 heavy (non-hydrogen) atoms. The molecule has 1 N–H and O–H groups in total. The number of hydrogen-bond acceptors (Lipinski definition) is 5. The van der Waals surface area contributed by atoms with Gasteiger partial charge in [0.05, 0.1) is 20.3 Å². The van der Waals surface area contributed by atoms with Crippen LogP contribution in [0.25, 0.3) is 0 Å². The van der Waals surface area contributed by atoms with Crippen LogP contribution in [0.3, 0.4) is 0 Å². The molecular formula is C12H19NO4. The number of furan rings is 1. The molecule has 1 atom stereocenters. The van der Waals surface area contributed by atoms with Crippen molar-refractivity contribution < 1.29 is 19.1 Å². The second-order valence-corrected chi connectivity index (χ2v) is 4.12. The highest BCUT2D eigenvalue weighted by atomic mass is 16.5. The summed E-state index contributed by atoms with van der Waals surface area (Å²) in [5.74, 6) is 0.845. The number of aliphatic hydroxyl groups is 1. The smallest absolute Gasteiger partial charge is 0.341 e. The molecule has 0 aliphatic heterocycles. The number of nitrogens with zero attached hydrogens (tertiary/aromatic N) is 1. The monoisotopic (exact) mass is 241 g/mol. The van der Waals surface area contributed by atoms with Crippen LogP contribution in [0.15, 0.2) is 10.5 Å². The van der Waals surface area contributed by atoms with Gasteiger partial charge in [-0.05, 0) is 27.0 Å². The third-order valence-electron chi connectivity index (χ3n) is 2.80. The van der Waals surface area contributed by atoms with Crippen molar-refractivity contribution in [2.24, 2.45) is 0 Å². The number of ether oxygens (including phenoxy) is 1. The number of aryl methyl sites for hydroxylation is 1. The first-order chi connectivity index (χ1) is 7.99. The van der Waals surface area contributed by atoms with Crippen molar-refractivity contribution >= 4 is 5.97 Å². The number of likely N-dealkylation sites (N-methyl/N-ethyl adjacent to an activating group) is 1. The van der Waals surface area contributed by atoms with E-state index in [0.29, 0.717) is 23.6 Å². The van der Waals surface area contributed by atoms with E-state index < -0.39 is 5.97 Å². The second-order valence-electron chi connectivity index (χ2n) is 4.12. The van der Waals surface area contributed by atoms with Gasteiger partial charge in [-0.2, -0.15) is 0 Å². The van der Waals surface area contributed by atoms with Crippen LogP contribution in [0, 0.1) is 6.92 Å². The number of rotatable bonds is 5. The van der Waals surface area contributed by atoms with E-state index in [1.165, 1.54) is 7.11 Å². The molecule has 5 heteroatoms. The summed E-state index contributed by atoms with van der Waals surface area (Å²) in [5.41, 5.74) is 0.451. The molecule has 0 spiro atoms. The first-order valence-corrected chi connectivity index (χ1v) is 5.48. The molecule has 0 radical (unpaired) electrons. The maximum atomic E-state index is 11.4. The lowest BCUT2D eigenvalue weighted by Crippen LogP contribution is -2.31. The predicted molar refractivity (Wildman–Crippen MR) is 62.8 cm³/mol. The fourth-order valence-electron chi connectivity index (χ4n) is 1.48. The molecule has 1 aromatic rings. The highest BCUT2D eigenvalue weighted by Gasteiger charge is 2.17. The van der Waals surface area contributed by atoms with Crippen molar-refractivity contribution in [2.75, 3.05) is 20.8 Å². The highest BCUT2D eigenvalue weighted by Crippen LogP contribution is 2.17. The van der Waals surface area contributed by atoms with Gasteiger partial charge >= 0.3 is 5.97 Å². The van der Waals surface area contributed by atoms with E-state index in [-0.39, 0.29) is 12.6 Å². The lowest BCUT2D eigenvalue weighted by molar-refractivity contribution is 0.0599. The topological polar surface area (TPSA) is 62.9 Å². The normalized spacial score (nSPS) is 12.8. The van der Waals surface area contributed by atoms with Crippen LogP contribution in [-0.2, 0) is 11.3 Å². The number of carbonyl (C=O) groups excluding carboxylic acids is 1. The van der Waals surface area contributed by atoms with Gasteiger partial charge in [0.15, 0.2) is 0 Å². The van der Waals surface area contributed by atoms with Crippen LogP contribution in [0.4, 0.5) is 0 Å². The van der Waals surface area contributed by atoms with Crippen molar-refractivity contribution in [1.29, 1.82) is 0 Å². The van der Waals surface area contributed by atoms with Crippen LogP contribution in [-0.4, -0.2) is 42.8 Å². The molecule has 1 heterocycles. The van der Waals surface area contributed by atoms with Gasteiger partial charge in [0, 0.05) is 6.04 Å². The van der Waals surface area contributed by atoms with Gasteiger partial charge in [0.2, 0.25) is 0 Å². The van der Waals surface area contributed by atoms with E-state index in [4.69, 9.17) is 9.52 Å². The van der Waals surface area contributed by atoms with Gasteiger partial charge in [-0.15, -0.1) is 0 Å². The lowest BCUT2D eigenvalue weighted by Gasteiger charge is -2.21. The first kappa shape index (κ1) is 13.7. The Kier molecular flexibility index (Phi) is 4.72. The number of methoxy groups -OCH3 is 1. The minimum absolute atomic E-state index is 0.0435. The Morgan fingerprint density at radius 2 is 2.29 bits per heavy atom. The Hall–Kier alpha value is -1.33. The average Bonchev–Trinajstić information content (AvgIpc) is 2.67. The number of carbonyl (C=O) groups is 1. The quantitative estimate of drug-likeness (QED) is 0.784. The molecule has 1 unspecified atom stereocenters. The lowest BCUT2D eigenvalue weighted by atomic mass is 10.2. The fourth-order valence-corrected chi connectivity index (χ4v) is 1.48. The summed E-state index contributed by atoms with van der Waals surface area (Å²) >= 11 is 0. The summed E-state index contributed by atoms with van der Waals surface area (Å²) in [5, 5.41) is 9.02. The first-order valence-electron chi connectivity index (χ1n) is 5.48. The van der Waals surface area contributed by atoms with Gasteiger partial charge in [-0.1, -0.05) is 0 Å². The highest BCUT2D eigenvalue weighted by molar-refractivity contribution is 5.90. The molecule has 0 saturated heterocycles. The van der Waals surface area contributed by atoms with Gasteiger partial charge in [0.1, 0.15) is 17.1 Å². The summed E-state index contributed by atoms with van der Waals surface area (Å²) in [6.07, 6.45) is 0. The molecule has 0 aliphatic carbocycles. The van der Waals surface area contributed by atoms with E-state index in [0.717, 1.165) is 0 Å². The molecule has 0 aliphatic rings. The zero-order valence-corrected chi connectivity index (χ0v) is 10.7. The standard InChI is InChI=1S/C12H19NO4/c1-8(7-14)13(3)6-10-5-11(9(2)17-10)12(15)16-4/h5,8,14H,6-7H2,1-4H3. The average molecular weight is 241 g/mol. The fraction of sp³-hybridized carbons (Fsp3) is 0.583. The van der Waals surface area contributed by atoms with Crippen LogP contribution in [0.5, 0.6) is 0 Å². The zero-order valence-electron chi connectivity index (χ0n) is 10.7. The summed E-state index contributed by atoms with van der Waals surface area (Å²) in [4.78, 5) is 13.3. The van der Waals surface area contributed by atoms with Crippen molar-refractivity contribution in [3.8, 4) is 0 Å². The third-order valence-corrected chi connectivity index (χ3v) is 2.80.